The number of nitrogens with zero attached hydrogens (tertiary/aromatic N) is 4. The first-order valence-corrected chi connectivity index (χ1v) is 12.4. The van der Waals surface area contributed by atoms with Crippen molar-refractivity contribution in [3.05, 3.63) is 65.5 Å². The molecule has 2 aliphatic rings. The van der Waals surface area contributed by atoms with E-state index in [2.05, 4.69) is 37.1 Å². The first-order chi connectivity index (χ1) is 16.3. The number of amides is 1. The summed E-state index contributed by atoms with van der Waals surface area (Å²) in [6, 6.07) is 15.9. The fourth-order valence-electron chi connectivity index (χ4n) is 4.92. The lowest BCUT2D eigenvalue weighted by Crippen LogP contribution is -2.29. The van der Waals surface area contributed by atoms with Crippen molar-refractivity contribution in [2.45, 2.75) is 64.5 Å². The number of piperidine rings is 1. The molecule has 0 aliphatic carbocycles. The number of aromatic nitrogens is 3. The molecule has 1 amide bonds. The molecule has 6 nitrogen and oxygen atoms in total. The highest BCUT2D eigenvalue weighted by Gasteiger charge is 2.16. The molecule has 172 valence electrons. The Morgan fingerprint density at radius 2 is 1.48 bits per heavy atom. The monoisotopic (exact) mass is 443 g/mol. The Morgan fingerprint density at radius 3 is 2.27 bits per heavy atom. The molecule has 3 aromatic rings. The van der Waals surface area contributed by atoms with Crippen LogP contribution >= 0.6 is 0 Å². The van der Waals surface area contributed by atoms with E-state index in [1.165, 1.54) is 63.6 Å². The number of aryl methyl sites for hydroxylation is 1. The second-order valence-corrected chi connectivity index (χ2v) is 9.32. The van der Waals surface area contributed by atoms with E-state index in [0.29, 0.717) is 5.56 Å². The number of rotatable bonds is 5. The van der Waals surface area contributed by atoms with Crippen LogP contribution in [0, 0.1) is 0 Å². The van der Waals surface area contributed by atoms with Crippen LogP contribution in [0.15, 0.2) is 48.5 Å². The van der Waals surface area contributed by atoms with Gasteiger partial charge in [-0.15, -0.1) is 10.2 Å². The lowest BCUT2D eigenvalue weighted by molar-refractivity contribution is 0.102. The summed E-state index contributed by atoms with van der Waals surface area (Å²) in [5, 5.41) is 11.9. The molecule has 2 aliphatic heterocycles. The molecule has 5 rings (SSSR count). The molecule has 2 aromatic carbocycles. The Balaban J connectivity index is 1.22. The van der Waals surface area contributed by atoms with Gasteiger partial charge in [-0.3, -0.25) is 9.69 Å². The van der Waals surface area contributed by atoms with Crippen molar-refractivity contribution in [1.29, 1.82) is 0 Å². The van der Waals surface area contributed by atoms with Gasteiger partial charge in [0.2, 0.25) is 0 Å². The van der Waals surface area contributed by atoms with Crippen LogP contribution in [-0.2, 0) is 19.5 Å². The third kappa shape index (κ3) is 5.33. The predicted octanol–water partition coefficient (Wildman–Crippen LogP) is 5.30. The zero-order valence-corrected chi connectivity index (χ0v) is 19.3. The van der Waals surface area contributed by atoms with Crippen LogP contribution < -0.4 is 5.32 Å². The Morgan fingerprint density at radius 1 is 0.788 bits per heavy atom. The fourth-order valence-corrected chi connectivity index (χ4v) is 4.92. The lowest BCUT2D eigenvalue weighted by atomic mass is 10.1. The molecular formula is C27H33N5O. The van der Waals surface area contributed by atoms with Crippen LogP contribution in [0.5, 0.6) is 0 Å². The van der Waals surface area contributed by atoms with Crippen LogP contribution in [0.1, 0.15) is 66.7 Å². The average molecular weight is 444 g/mol. The highest BCUT2D eigenvalue weighted by molar-refractivity contribution is 6.04. The molecule has 0 saturated carbocycles. The number of hydrogen-bond donors (Lipinski definition) is 1. The largest absolute Gasteiger partial charge is 0.322 e. The van der Waals surface area contributed by atoms with Gasteiger partial charge in [0.25, 0.3) is 5.91 Å². The summed E-state index contributed by atoms with van der Waals surface area (Å²) in [6.45, 7) is 4.30. The summed E-state index contributed by atoms with van der Waals surface area (Å²) in [6.07, 6.45) is 9.82. The summed E-state index contributed by atoms with van der Waals surface area (Å²) < 4.78 is 2.26. The molecule has 0 radical (unpaired) electrons. The predicted molar refractivity (Wildman–Crippen MR) is 131 cm³/mol. The van der Waals surface area contributed by atoms with E-state index < -0.39 is 0 Å². The van der Waals surface area contributed by atoms with Gasteiger partial charge < -0.3 is 9.88 Å². The van der Waals surface area contributed by atoms with Gasteiger partial charge in [0.15, 0.2) is 5.82 Å². The molecule has 6 heteroatoms. The first-order valence-electron chi connectivity index (χ1n) is 12.4. The molecule has 1 N–H and O–H groups in total. The Bertz CT molecular complexity index is 1060. The molecular weight excluding hydrogens is 410 g/mol. The minimum atomic E-state index is -0.0835. The van der Waals surface area contributed by atoms with E-state index in [9.17, 15) is 4.79 Å². The van der Waals surface area contributed by atoms with Gasteiger partial charge in [-0.2, -0.15) is 0 Å². The maximum absolute atomic E-state index is 12.7. The summed E-state index contributed by atoms with van der Waals surface area (Å²) in [5.41, 5.74) is 3.77. The van der Waals surface area contributed by atoms with Crippen LogP contribution in [-0.4, -0.2) is 38.7 Å². The third-order valence-electron chi connectivity index (χ3n) is 6.83. The number of likely N-dealkylation sites (tertiary alicyclic amines) is 1. The van der Waals surface area contributed by atoms with Gasteiger partial charge in [0, 0.05) is 36.3 Å². The maximum atomic E-state index is 12.7. The van der Waals surface area contributed by atoms with Crippen LogP contribution in [0.4, 0.5) is 5.69 Å². The minimum Gasteiger partial charge on any atom is -0.322 e. The Labute approximate surface area is 196 Å². The molecule has 33 heavy (non-hydrogen) atoms. The van der Waals surface area contributed by atoms with Gasteiger partial charge in [-0.25, -0.2) is 0 Å². The van der Waals surface area contributed by atoms with Crippen molar-refractivity contribution >= 4 is 11.6 Å². The van der Waals surface area contributed by atoms with Crippen molar-refractivity contribution in [3.63, 3.8) is 0 Å². The average Bonchev–Trinajstić information content (AvgIpc) is 3.22. The molecule has 3 heterocycles. The number of benzene rings is 2. The normalized spacial score (nSPS) is 17.1. The highest BCUT2D eigenvalue weighted by Crippen LogP contribution is 2.24. The number of carbonyl (C=O) groups excluding carboxylic acids is 1. The smallest absolute Gasteiger partial charge is 0.255 e. The van der Waals surface area contributed by atoms with E-state index in [1.54, 1.807) is 0 Å². The van der Waals surface area contributed by atoms with Crippen molar-refractivity contribution in [2.24, 2.45) is 0 Å². The van der Waals surface area contributed by atoms with Crippen molar-refractivity contribution in [1.82, 2.24) is 19.7 Å². The van der Waals surface area contributed by atoms with Gasteiger partial charge in [-0.1, -0.05) is 31.4 Å². The van der Waals surface area contributed by atoms with E-state index in [1.807, 2.05) is 36.4 Å². The molecule has 0 unspecified atom stereocenters. The second-order valence-electron chi connectivity index (χ2n) is 9.32. The third-order valence-corrected chi connectivity index (χ3v) is 6.83. The topological polar surface area (TPSA) is 63.1 Å². The molecule has 0 bridgehead atoms. The lowest BCUT2D eigenvalue weighted by Gasteiger charge is -2.26. The summed E-state index contributed by atoms with van der Waals surface area (Å²) in [5.74, 6) is 1.93. The van der Waals surface area contributed by atoms with E-state index in [-0.39, 0.29) is 5.91 Å². The summed E-state index contributed by atoms with van der Waals surface area (Å²) in [4.78, 5) is 15.2. The summed E-state index contributed by atoms with van der Waals surface area (Å²) in [7, 11) is 0. The Hall–Kier alpha value is -2.99. The fraction of sp³-hybridized carbons (Fsp3) is 0.444. The molecule has 0 atom stereocenters. The van der Waals surface area contributed by atoms with Gasteiger partial charge in [0.1, 0.15) is 5.82 Å². The van der Waals surface area contributed by atoms with Crippen molar-refractivity contribution in [2.75, 3.05) is 18.4 Å². The van der Waals surface area contributed by atoms with Gasteiger partial charge >= 0.3 is 0 Å². The molecule has 1 saturated heterocycles. The number of fused-ring (bicyclic) bond motifs is 1. The number of carbonyl (C=O) groups is 1. The zero-order valence-electron chi connectivity index (χ0n) is 19.3. The van der Waals surface area contributed by atoms with Crippen LogP contribution in [0.25, 0.3) is 11.4 Å². The Kier molecular flexibility index (Phi) is 6.81. The van der Waals surface area contributed by atoms with Crippen molar-refractivity contribution < 1.29 is 4.79 Å². The molecule has 1 fully saturated rings. The van der Waals surface area contributed by atoms with Gasteiger partial charge in [0.05, 0.1) is 0 Å². The minimum absolute atomic E-state index is 0.0835. The first kappa shape index (κ1) is 21.8. The summed E-state index contributed by atoms with van der Waals surface area (Å²) >= 11 is 0. The second kappa shape index (κ2) is 10.3. The highest BCUT2D eigenvalue weighted by atomic mass is 16.1. The number of hydrogen-bond acceptors (Lipinski definition) is 4. The van der Waals surface area contributed by atoms with Crippen LogP contribution in [0.2, 0.25) is 0 Å². The van der Waals surface area contributed by atoms with Crippen LogP contribution in [0.3, 0.4) is 0 Å². The number of anilines is 1. The SMILES string of the molecule is O=C(Nc1ccc(-c2nnc3n2CCCCCC3)cc1)c1ccc(CN2CCCCC2)cc1. The molecule has 0 spiro atoms. The zero-order chi connectivity index (χ0) is 22.5. The van der Waals surface area contributed by atoms with E-state index in [4.69, 9.17) is 0 Å². The van der Waals surface area contributed by atoms with Crippen molar-refractivity contribution in [3.8, 4) is 11.4 Å². The van der Waals surface area contributed by atoms with E-state index in [0.717, 1.165) is 42.4 Å². The van der Waals surface area contributed by atoms with E-state index >= 15 is 0 Å². The standard InChI is InChI=1S/C27H33N5O/c33-27(23-11-9-21(10-12-23)20-31-17-5-3-6-18-31)28-24-15-13-22(14-16-24)26-30-29-25-8-4-1-2-7-19-32(25)26/h9-16H,1-8,17-20H2,(H,28,33). The maximum Gasteiger partial charge on any atom is 0.255 e. The van der Waals surface area contributed by atoms with Gasteiger partial charge in [-0.05, 0) is 80.7 Å². The quantitative estimate of drug-likeness (QED) is 0.581. The molecule has 1 aromatic heterocycles. The number of nitrogens with one attached hydrogen (secondary N) is 1.